The summed E-state index contributed by atoms with van der Waals surface area (Å²) >= 11 is 0. The van der Waals surface area contributed by atoms with Crippen LogP contribution in [0, 0.1) is 0 Å². The van der Waals surface area contributed by atoms with Crippen LogP contribution < -0.4 is 10.6 Å². The van der Waals surface area contributed by atoms with Crippen molar-refractivity contribution in [2.75, 3.05) is 23.7 Å². The Bertz CT molecular complexity index is 463. The zero-order valence-corrected chi connectivity index (χ0v) is 10.8. The standard InChI is InChI=1S/C14H18N4/c1-3-15-11-5-7-17-13(9-11)14-10-12(16-4-2)6-8-18-14/h5-10H,3-4H2,1-2H3,(H,15,17)(H,16,18). The normalized spacial score (nSPS) is 10.1. The second-order valence-corrected chi connectivity index (χ2v) is 3.92. The highest BCUT2D eigenvalue weighted by atomic mass is 14.9. The van der Waals surface area contributed by atoms with Gasteiger partial charge in [0.2, 0.25) is 0 Å². The summed E-state index contributed by atoms with van der Waals surface area (Å²) in [5.41, 5.74) is 3.90. The fourth-order valence-electron chi connectivity index (χ4n) is 1.77. The quantitative estimate of drug-likeness (QED) is 0.846. The first-order valence-corrected chi connectivity index (χ1v) is 6.23. The highest BCUT2D eigenvalue weighted by Gasteiger charge is 2.03. The molecule has 0 atom stereocenters. The first-order chi connectivity index (χ1) is 8.83. The van der Waals surface area contributed by atoms with Gasteiger partial charge in [-0.05, 0) is 38.1 Å². The van der Waals surface area contributed by atoms with E-state index in [1.807, 2.05) is 24.3 Å². The van der Waals surface area contributed by atoms with Crippen LogP contribution in [-0.2, 0) is 0 Å². The van der Waals surface area contributed by atoms with Crippen LogP contribution in [0.5, 0.6) is 0 Å². The van der Waals surface area contributed by atoms with Gasteiger partial charge in [-0.15, -0.1) is 0 Å². The number of hydrogen-bond acceptors (Lipinski definition) is 4. The molecule has 4 nitrogen and oxygen atoms in total. The molecule has 18 heavy (non-hydrogen) atoms. The molecule has 0 saturated heterocycles. The lowest BCUT2D eigenvalue weighted by atomic mass is 10.2. The van der Waals surface area contributed by atoms with E-state index in [4.69, 9.17) is 0 Å². The van der Waals surface area contributed by atoms with E-state index in [0.29, 0.717) is 0 Å². The van der Waals surface area contributed by atoms with Crippen molar-refractivity contribution in [3.8, 4) is 11.4 Å². The zero-order chi connectivity index (χ0) is 12.8. The number of pyridine rings is 2. The number of anilines is 2. The maximum atomic E-state index is 4.36. The van der Waals surface area contributed by atoms with Gasteiger partial charge in [0, 0.05) is 36.9 Å². The van der Waals surface area contributed by atoms with Crippen LogP contribution in [0.15, 0.2) is 36.7 Å². The van der Waals surface area contributed by atoms with E-state index >= 15 is 0 Å². The fourth-order valence-corrected chi connectivity index (χ4v) is 1.77. The summed E-state index contributed by atoms with van der Waals surface area (Å²) in [6.45, 7) is 5.94. The van der Waals surface area contributed by atoms with Crippen LogP contribution in [-0.4, -0.2) is 23.1 Å². The van der Waals surface area contributed by atoms with Crippen LogP contribution in [0.1, 0.15) is 13.8 Å². The Labute approximate surface area is 107 Å². The Kier molecular flexibility index (Phi) is 4.12. The van der Waals surface area contributed by atoms with Crippen molar-refractivity contribution in [1.29, 1.82) is 0 Å². The first-order valence-electron chi connectivity index (χ1n) is 6.23. The Morgan fingerprint density at radius 1 is 0.833 bits per heavy atom. The van der Waals surface area contributed by atoms with Crippen molar-refractivity contribution in [2.45, 2.75) is 13.8 Å². The molecule has 0 aromatic carbocycles. The van der Waals surface area contributed by atoms with Crippen LogP contribution in [0.2, 0.25) is 0 Å². The molecule has 0 aliphatic heterocycles. The van der Waals surface area contributed by atoms with Crippen molar-refractivity contribution >= 4 is 11.4 Å². The van der Waals surface area contributed by atoms with Crippen LogP contribution in [0.4, 0.5) is 11.4 Å². The molecule has 4 heteroatoms. The average molecular weight is 242 g/mol. The van der Waals surface area contributed by atoms with Gasteiger partial charge in [0.05, 0.1) is 11.4 Å². The second-order valence-electron chi connectivity index (χ2n) is 3.92. The summed E-state index contributed by atoms with van der Waals surface area (Å²) in [7, 11) is 0. The molecule has 0 spiro atoms. The van der Waals surface area contributed by atoms with Crippen LogP contribution in [0.25, 0.3) is 11.4 Å². The second kappa shape index (κ2) is 6.00. The van der Waals surface area contributed by atoms with Gasteiger partial charge >= 0.3 is 0 Å². The van der Waals surface area contributed by atoms with E-state index in [1.54, 1.807) is 12.4 Å². The van der Waals surface area contributed by atoms with Gasteiger partial charge in [0.1, 0.15) is 0 Å². The van der Waals surface area contributed by atoms with E-state index in [1.165, 1.54) is 0 Å². The van der Waals surface area contributed by atoms with Crippen molar-refractivity contribution < 1.29 is 0 Å². The van der Waals surface area contributed by atoms with E-state index in [0.717, 1.165) is 35.9 Å². The monoisotopic (exact) mass is 242 g/mol. The lowest BCUT2D eigenvalue weighted by Gasteiger charge is -2.07. The van der Waals surface area contributed by atoms with Gasteiger partial charge in [-0.2, -0.15) is 0 Å². The summed E-state index contributed by atoms with van der Waals surface area (Å²) in [6, 6.07) is 7.95. The molecular weight excluding hydrogens is 224 g/mol. The third-order valence-electron chi connectivity index (χ3n) is 2.54. The highest BCUT2D eigenvalue weighted by Crippen LogP contribution is 2.20. The topological polar surface area (TPSA) is 49.8 Å². The first kappa shape index (κ1) is 12.4. The number of hydrogen-bond donors (Lipinski definition) is 2. The molecule has 2 N–H and O–H groups in total. The van der Waals surface area contributed by atoms with E-state index in [-0.39, 0.29) is 0 Å². The summed E-state index contributed by atoms with van der Waals surface area (Å²) in [5, 5.41) is 6.55. The van der Waals surface area contributed by atoms with Gasteiger partial charge in [-0.3, -0.25) is 9.97 Å². The highest BCUT2D eigenvalue weighted by molar-refractivity contribution is 5.64. The molecule has 2 aromatic heterocycles. The molecular formula is C14H18N4. The van der Waals surface area contributed by atoms with Crippen molar-refractivity contribution in [3.63, 3.8) is 0 Å². The van der Waals surface area contributed by atoms with Gasteiger partial charge in [0.25, 0.3) is 0 Å². The Balaban J connectivity index is 2.29. The summed E-state index contributed by atoms with van der Waals surface area (Å²) in [5.74, 6) is 0. The molecule has 0 bridgehead atoms. The SMILES string of the molecule is CCNc1ccnc(-c2cc(NCC)ccn2)c1. The van der Waals surface area contributed by atoms with E-state index in [9.17, 15) is 0 Å². The third kappa shape index (κ3) is 2.97. The number of nitrogens with one attached hydrogen (secondary N) is 2. The summed E-state index contributed by atoms with van der Waals surface area (Å²) in [4.78, 5) is 8.73. The van der Waals surface area contributed by atoms with Crippen LogP contribution >= 0.6 is 0 Å². The lowest BCUT2D eigenvalue weighted by molar-refractivity contribution is 1.18. The summed E-state index contributed by atoms with van der Waals surface area (Å²) < 4.78 is 0. The molecule has 0 amide bonds. The minimum atomic E-state index is 0.883. The number of aromatic nitrogens is 2. The van der Waals surface area contributed by atoms with Crippen LogP contribution in [0.3, 0.4) is 0 Å². The maximum Gasteiger partial charge on any atom is 0.0907 e. The molecule has 0 aliphatic rings. The maximum absolute atomic E-state index is 4.36. The molecule has 0 aliphatic carbocycles. The predicted molar refractivity (Wildman–Crippen MR) is 75.8 cm³/mol. The van der Waals surface area contributed by atoms with Gasteiger partial charge in [0.15, 0.2) is 0 Å². The van der Waals surface area contributed by atoms with Gasteiger partial charge in [-0.25, -0.2) is 0 Å². The van der Waals surface area contributed by atoms with Crippen molar-refractivity contribution in [1.82, 2.24) is 9.97 Å². The smallest absolute Gasteiger partial charge is 0.0907 e. The largest absolute Gasteiger partial charge is 0.385 e. The lowest BCUT2D eigenvalue weighted by Crippen LogP contribution is -1.99. The predicted octanol–water partition coefficient (Wildman–Crippen LogP) is 3.01. The minimum absolute atomic E-state index is 0.883. The molecule has 2 aromatic rings. The Hall–Kier alpha value is -2.10. The fraction of sp³-hybridized carbons (Fsp3) is 0.286. The molecule has 2 heterocycles. The molecule has 0 fully saturated rings. The Morgan fingerprint density at radius 3 is 1.67 bits per heavy atom. The third-order valence-corrected chi connectivity index (χ3v) is 2.54. The molecule has 0 unspecified atom stereocenters. The van der Waals surface area contributed by atoms with E-state index in [2.05, 4.69) is 34.4 Å². The molecule has 2 rings (SSSR count). The van der Waals surface area contributed by atoms with Gasteiger partial charge in [-0.1, -0.05) is 0 Å². The van der Waals surface area contributed by atoms with E-state index < -0.39 is 0 Å². The Morgan fingerprint density at radius 2 is 1.28 bits per heavy atom. The summed E-state index contributed by atoms with van der Waals surface area (Å²) in [6.07, 6.45) is 3.60. The zero-order valence-electron chi connectivity index (χ0n) is 10.8. The minimum Gasteiger partial charge on any atom is -0.385 e. The van der Waals surface area contributed by atoms with Crippen molar-refractivity contribution in [3.05, 3.63) is 36.7 Å². The number of rotatable bonds is 5. The average Bonchev–Trinajstić information content (AvgIpc) is 2.40. The molecule has 0 saturated carbocycles. The van der Waals surface area contributed by atoms with Crippen molar-refractivity contribution in [2.24, 2.45) is 0 Å². The molecule has 0 radical (unpaired) electrons. The number of nitrogens with zero attached hydrogens (tertiary/aromatic N) is 2. The molecule has 94 valence electrons. The van der Waals surface area contributed by atoms with Gasteiger partial charge < -0.3 is 10.6 Å².